The maximum absolute atomic E-state index is 14.4. The van der Waals surface area contributed by atoms with Gasteiger partial charge in [0.1, 0.15) is 5.75 Å². The summed E-state index contributed by atoms with van der Waals surface area (Å²) in [7, 11) is -0.807. The predicted molar refractivity (Wildman–Crippen MR) is 171 cm³/mol. The number of nitrogens with zero attached hydrogens (tertiary/aromatic N) is 1. The molecular formula is C33H36ClN3O8S. The number of hydroxylamine groups is 1. The Morgan fingerprint density at radius 2 is 1.74 bits per heavy atom. The molecule has 1 aliphatic heterocycles. The zero-order valence-electron chi connectivity index (χ0n) is 25.7. The zero-order chi connectivity index (χ0) is 33.0. The van der Waals surface area contributed by atoms with Gasteiger partial charge in [0.2, 0.25) is 10.0 Å². The number of sulfonamides is 1. The van der Waals surface area contributed by atoms with Crippen molar-refractivity contribution >= 4 is 39.4 Å². The van der Waals surface area contributed by atoms with Crippen LogP contribution in [-0.4, -0.2) is 63.7 Å². The van der Waals surface area contributed by atoms with Crippen LogP contribution in [0.1, 0.15) is 75.0 Å². The van der Waals surface area contributed by atoms with E-state index in [9.17, 15) is 22.8 Å². The molecule has 0 bridgehead atoms. The number of rotatable bonds is 10. The highest BCUT2D eigenvalue weighted by molar-refractivity contribution is 7.88. The third-order valence-electron chi connectivity index (χ3n) is 8.38. The molecule has 4 atom stereocenters. The Bertz CT molecular complexity index is 1720. The number of hydrogen-bond acceptors (Lipinski definition) is 8. The van der Waals surface area contributed by atoms with Gasteiger partial charge in [0.25, 0.3) is 11.8 Å². The Kier molecular flexibility index (Phi) is 10.3. The van der Waals surface area contributed by atoms with Crippen molar-refractivity contribution < 1.29 is 37.1 Å². The van der Waals surface area contributed by atoms with E-state index in [-0.39, 0.29) is 12.5 Å². The number of methoxy groups -OCH3 is 2. The fourth-order valence-corrected chi connectivity index (χ4v) is 7.34. The van der Waals surface area contributed by atoms with Crippen molar-refractivity contribution in [3.8, 4) is 5.75 Å². The molecule has 3 aromatic rings. The number of fused-ring (bicyclic) bond motifs is 1. The van der Waals surface area contributed by atoms with Gasteiger partial charge in [0.05, 0.1) is 44.6 Å². The van der Waals surface area contributed by atoms with E-state index in [1.807, 2.05) is 0 Å². The summed E-state index contributed by atoms with van der Waals surface area (Å²) >= 11 is 6.24. The van der Waals surface area contributed by atoms with Crippen molar-refractivity contribution in [1.82, 2.24) is 15.1 Å². The largest absolute Gasteiger partial charge is 0.497 e. The standard InChI is InChI=1S/C33H36ClN3O8S/c1-43-24-15-16-25-26(18-24)29(31(38)35-45-19-20-7-6-8-22(17-20)33(40)44-2)30(21-11-13-23(34)14-12-21)37(32(25)39)28-10-5-4-9-27(28)36-46(3,41)42/h6-8,11-18,27-30,36H,4-5,9-10,19H2,1-3H3,(H,35,38)/t27-,28?,29+,30-/m0/s1. The van der Waals surface area contributed by atoms with Gasteiger partial charge in [-0.3, -0.25) is 14.4 Å². The van der Waals surface area contributed by atoms with E-state index in [2.05, 4.69) is 10.2 Å². The molecule has 1 fully saturated rings. The molecule has 0 aromatic heterocycles. The van der Waals surface area contributed by atoms with Crippen molar-refractivity contribution in [2.75, 3.05) is 20.5 Å². The van der Waals surface area contributed by atoms with Crippen LogP contribution in [0.15, 0.2) is 66.7 Å². The molecule has 46 heavy (non-hydrogen) atoms. The fraction of sp³-hybridized carbons (Fsp3) is 0.364. The van der Waals surface area contributed by atoms with Crippen LogP contribution in [0, 0.1) is 0 Å². The number of ether oxygens (including phenoxy) is 2. The highest BCUT2D eigenvalue weighted by Crippen LogP contribution is 2.47. The van der Waals surface area contributed by atoms with Gasteiger partial charge in [0.15, 0.2) is 0 Å². The number of esters is 1. The third kappa shape index (κ3) is 7.36. The molecule has 1 heterocycles. The third-order valence-corrected chi connectivity index (χ3v) is 9.36. The van der Waals surface area contributed by atoms with Gasteiger partial charge < -0.3 is 14.4 Å². The number of hydrogen-bond donors (Lipinski definition) is 2. The molecular weight excluding hydrogens is 634 g/mol. The van der Waals surface area contributed by atoms with Crippen LogP contribution in [0.4, 0.5) is 0 Å². The normalized spacial score (nSPS) is 21.3. The second-order valence-corrected chi connectivity index (χ2v) is 13.7. The van der Waals surface area contributed by atoms with Crippen LogP contribution in [-0.2, 0) is 31.0 Å². The summed E-state index contributed by atoms with van der Waals surface area (Å²) in [6.07, 6.45) is 3.75. The maximum Gasteiger partial charge on any atom is 0.337 e. The van der Waals surface area contributed by atoms with E-state index in [1.54, 1.807) is 71.6 Å². The van der Waals surface area contributed by atoms with Crippen molar-refractivity contribution in [3.05, 3.63) is 99.6 Å². The molecule has 13 heteroatoms. The molecule has 0 spiro atoms. The molecule has 1 saturated carbocycles. The number of halogens is 1. The lowest BCUT2D eigenvalue weighted by molar-refractivity contribution is -0.138. The van der Waals surface area contributed by atoms with Gasteiger partial charge in [0, 0.05) is 22.7 Å². The van der Waals surface area contributed by atoms with Crippen LogP contribution in [0.3, 0.4) is 0 Å². The molecule has 0 saturated heterocycles. The first-order valence-electron chi connectivity index (χ1n) is 14.8. The second-order valence-electron chi connectivity index (χ2n) is 11.4. The Morgan fingerprint density at radius 1 is 1.00 bits per heavy atom. The number of carbonyl (C=O) groups excluding carboxylic acids is 3. The monoisotopic (exact) mass is 669 g/mol. The first-order valence-corrected chi connectivity index (χ1v) is 17.1. The number of nitrogens with one attached hydrogen (secondary N) is 2. The summed E-state index contributed by atoms with van der Waals surface area (Å²) < 4.78 is 37.8. The van der Waals surface area contributed by atoms with Crippen LogP contribution in [0.25, 0.3) is 0 Å². The molecule has 2 aliphatic rings. The van der Waals surface area contributed by atoms with Crippen LogP contribution in [0.5, 0.6) is 5.75 Å². The minimum Gasteiger partial charge on any atom is -0.497 e. The first kappa shape index (κ1) is 33.4. The number of benzene rings is 3. The fourth-order valence-electron chi connectivity index (χ4n) is 6.39. The average molecular weight is 670 g/mol. The Balaban J connectivity index is 1.56. The molecule has 2 N–H and O–H groups in total. The highest BCUT2D eigenvalue weighted by atomic mass is 35.5. The molecule has 1 unspecified atom stereocenters. The smallest absolute Gasteiger partial charge is 0.337 e. The van der Waals surface area contributed by atoms with Crippen molar-refractivity contribution in [2.45, 2.75) is 56.3 Å². The van der Waals surface area contributed by atoms with E-state index < -0.39 is 45.9 Å². The zero-order valence-corrected chi connectivity index (χ0v) is 27.3. The van der Waals surface area contributed by atoms with Gasteiger partial charge in [-0.15, -0.1) is 0 Å². The first-order chi connectivity index (χ1) is 22.0. The summed E-state index contributed by atoms with van der Waals surface area (Å²) in [5.74, 6) is -1.87. The van der Waals surface area contributed by atoms with Gasteiger partial charge in [-0.05, 0) is 72.0 Å². The summed E-state index contributed by atoms with van der Waals surface area (Å²) in [5, 5.41) is 0.479. The maximum atomic E-state index is 14.4. The lowest BCUT2D eigenvalue weighted by atomic mass is 9.76. The summed E-state index contributed by atoms with van der Waals surface area (Å²) in [5.41, 5.74) is 4.92. The van der Waals surface area contributed by atoms with Crippen LogP contribution in [0.2, 0.25) is 5.02 Å². The van der Waals surface area contributed by atoms with E-state index in [0.717, 1.165) is 19.1 Å². The van der Waals surface area contributed by atoms with Crippen molar-refractivity contribution in [2.24, 2.45) is 0 Å². The molecule has 0 radical (unpaired) electrons. The summed E-state index contributed by atoms with van der Waals surface area (Å²) in [4.78, 5) is 48.0. The second kappa shape index (κ2) is 14.2. The molecule has 1 aliphatic carbocycles. The average Bonchev–Trinajstić information content (AvgIpc) is 3.04. The van der Waals surface area contributed by atoms with E-state index in [0.29, 0.717) is 51.4 Å². The van der Waals surface area contributed by atoms with Gasteiger partial charge >= 0.3 is 5.97 Å². The summed E-state index contributed by atoms with van der Waals surface area (Å²) in [6.45, 7) is -0.0501. The van der Waals surface area contributed by atoms with Gasteiger partial charge in [-0.1, -0.05) is 48.7 Å². The van der Waals surface area contributed by atoms with E-state index in [4.69, 9.17) is 25.9 Å². The lowest BCUT2D eigenvalue weighted by Crippen LogP contribution is -2.59. The topological polar surface area (TPSA) is 140 Å². The van der Waals surface area contributed by atoms with Crippen molar-refractivity contribution in [3.63, 3.8) is 0 Å². The highest BCUT2D eigenvalue weighted by Gasteiger charge is 2.49. The molecule has 5 rings (SSSR count). The number of carbonyl (C=O) groups is 3. The Morgan fingerprint density at radius 3 is 2.43 bits per heavy atom. The minimum atomic E-state index is -3.60. The number of amides is 2. The summed E-state index contributed by atoms with van der Waals surface area (Å²) in [6, 6.07) is 16.6. The van der Waals surface area contributed by atoms with E-state index >= 15 is 0 Å². The molecule has 2 amide bonds. The molecule has 3 aromatic carbocycles. The van der Waals surface area contributed by atoms with E-state index in [1.165, 1.54) is 14.2 Å². The van der Waals surface area contributed by atoms with Crippen LogP contribution < -0.4 is 14.9 Å². The van der Waals surface area contributed by atoms with Gasteiger partial charge in [-0.25, -0.2) is 23.4 Å². The lowest BCUT2D eigenvalue weighted by Gasteiger charge is -2.49. The minimum absolute atomic E-state index is 0.0501. The SMILES string of the molecule is COC(=O)c1cccc(CONC(=O)[C@@H]2c3cc(OC)ccc3C(=O)N(C3CCCC[C@@H]3NS(C)(=O)=O)[C@H]2c2ccc(Cl)cc2)c1. The van der Waals surface area contributed by atoms with Crippen LogP contribution >= 0.6 is 11.6 Å². The predicted octanol–water partition coefficient (Wildman–Crippen LogP) is 4.52. The van der Waals surface area contributed by atoms with Gasteiger partial charge in [-0.2, -0.15) is 0 Å². The Labute approximate surface area is 273 Å². The Hall–Kier alpha value is -3.97. The molecule has 244 valence electrons. The quantitative estimate of drug-likeness (QED) is 0.237. The van der Waals surface area contributed by atoms with Crippen molar-refractivity contribution in [1.29, 1.82) is 0 Å². The molecule has 11 nitrogen and oxygen atoms in total.